The van der Waals surface area contributed by atoms with Gasteiger partial charge in [-0.05, 0) is 41.5 Å². The van der Waals surface area contributed by atoms with Crippen LogP contribution in [0.25, 0.3) is 11.1 Å². The topological polar surface area (TPSA) is 30.0 Å². The molecule has 0 spiro atoms. The van der Waals surface area contributed by atoms with E-state index in [0.717, 1.165) is 11.1 Å². The fourth-order valence-electron chi connectivity index (χ4n) is 2.15. The van der Waals surface area contributed by atoms with Crippen LogP contribution >= 0.6 is 11.6 Å². The van der Waals surface area contributed by atoms with Gasteiger partial charge < -0.3 is 0 Å². The lowest BCUT2D eigenvalue weighted by atomic mass is 10.00. The van der Waals surface area contributed by atoms with Gasteiger partial charge in [0.2, 0.25) is 5.78 Å². The third-order valence-corrected chi connectivity index (χ3v) is 3.42. The van der Waals surface area contributed by atoms with E-state index in [1.54, 1.807) is 30.5 Å². The first-order valence-corrected chi connectivity index (χ1v) is 6.93. The summed E-state index contributed by atoms with van der Waals surface area (Å²) in [6, 6.07) is 20.4. The third-order valence-electron chi connectivity index (χ3n) is 3.18. The van der Waals surface area contributed by atoms with Gasteiger partial charge in [-0.15, -0.1) is 0 Å². The average molecular weight is 294 g/mol. The summed E-state index contributed by atoms with van der Waals surface area (Å²) >= 11 is 6.02. The summed E-state index contributed by atoms with van der Waals surface area (Å²) in [4.78, 5) is 16.5. The van der Waals surface area contributed by atoms with Crippen LogP contribution in [0.4, 0.5) is 0 Å². The van der Waals surface area contributed by atoms with Crippen molar-refractivity contribution in [3.63, 3.8) is 0 Å². The molecule has 3 aromatic rings. The van der Waals surface area contributed by atoms with Gasteiger partial charge in [0.25, 0.3) is 0 Å². The van der Waals surface area contributed by atoms with Crippen LogP contribution in [0, 0.1) is 0 Å². The molecular formula is C18H12ClNO. The average Bonchev–Trinajstić information content (AvgIpc) is 2.55. The van der Waals surface area contributed by atoms with Crippen molar-refractivity contribution in [1.82, 2.24) is 4.98 Å². The highest BCUT2D eigenvalue weighted by atomic mass is 35.5. The Balaban J connectivity index is 1.99. The maximum Gasteiger partial charge on any atom is 0.211 e. The number of aromatic nitrogens is 1. The van der Waals surface area contributed by atoms with Crippen LogP contribution in [0.1, 0.15) is 16.1 Å². The molecule has 1 aromatic heterocycles. The fraction of sp³-hybridized carbons (Fsp3) is 0. The molecule has 2 nitrogen and oxygen atoms in total. The molecule has 0 saturated heterocycles. The van der Waals surface area contributed by atoms with Crippen molar-refractivity contribution in [3.05, 3.63) is 89.2 Å². The molecule has 0 amide bonds. The third kappa shape index (κ3) is 3.01. The van der Waals surface area contributed by atoms with Crippen molar-refractivity contribution in [3.8, 4) is 11.1 Å². The van der Waals surface area contributed by atoms with Crippen molar-refractivity contribution in [2.75, 3.05) is 0 Å². The molecule has 0 N–H and O–H groups in total. The maximum absolute atomic E-state index is 12.4. The van der Waals surface area contributed by atoms with E-state index in [1.165, 1.54) is 0 Å². The van der Waals surface area contributed by atoms with Crippen molar-refractivity contribution < 1.29 is 4.79 Å². The first-order valence-electron chi connectivity index (χ1n) is 6.56. The largest absolute Gasteiger partial charge is 0.287 e. The van der Waals surface area contributed by atoms with Crippen LogP contribution in [0.2, 0.25) is 5.02 Å². The SMILES string of the molecule is O=C(c1cccc(-c2cccc(Cl)c2)c1)c1ccccn1. The lowest BCUT2D eigenvalue weighted by Crippen LogP contribution is -2.03. The van der Waals surface area contributed by atoms with Gasteiger partial charge in [0.15, 0.2) is 0 Å². The number of carbonyl (C=O) groups is 1. The number of carbonyl (C=O) groups excluding carboxylic acids is 1. The summed E-state index contributed by atoms with van der Waals surface area (Å²) < 4.78 is 0. The minimum absolute atomic E-state index is 0.0838. The van der Waals surface area contributed by atoms with Crippen molar-refractivity contribution in [2.45, 2.75) is 0 Å². The highest BCUT2D eigenvalue weighted by molar-refractivity contribution is 6.30. The molecule has 0 fully saturated rings. The van der Waals surface area contributed by atoms with E-state index in [2.05, 4.69) is 4.98 Å². The number of ketones is 1. The predicted octanol–water partition coefficient (Wildman–Crippen LogP) is 4.63. The van der Waals surface area contributed by atoms with Crippen LogP contribution in [0.15, 0.2) is 72.9 Å². The Morgan fingerprint density at radius 2 is 1.62 bits per heavy atom. The van der Waals surface area contributed by atoms with E-state index >= 15 is 0 Å². The quantitative estimate of drug-likeness (QED) is 0.659. The molecule has 0 atom stereocenters. The Labute approximate surface area is 128 Å². The second-order valence-electron chi connectivity index (χ2n) is 4.64. The van der Waals surface area contributed by atoms with Gasteiger partial charge in [-0.2, -0.15) is 0 Å². The first kappa shape index (κ1) is 13.5. The molecule has 3 rings (SSSR count). The molecule has 2 aromatic carbocycles. The molecule has 0 saturated carbocycles. The zero-order valence-electron chi connectivity index (χ0n) is 11.2. The van der Waals surface area contributed by atoms with E-state index in [0.29, 0.717) is 16.3 Å². The molecule has 3 heteroatoms. The normalized spacial score (nSPS) is 10.3. The number of halogens is 1. The fourth-order valence-corrected chi connectivity index (χ4v) is 2.34. The summed E-state index contributed by atoms with van der Waals surface area (Å²) in [5.74, 6) is -0.0838. The van der Waals surface area contributed by atoms with Gasteiger partial charge in [-0.25, -0.2) is 0 Å². The van der Waals surface area contributed by atoms with Gasteiger partial charge in [-0.1, -0.05) is 48.0 Å². The molecule has 1 heterocycles. The maximum atomic E-state index is 12.4. The Morgan fingerprint density at radius 1 is 0.857 bits per heavy atom. The van der Waals surface area contributed by atoms with E-state index in [-0.39, 0.29) is 5.78 Å². The molecule has 102 valence electrons. The summed E-state index contributed by atoms with van der Waals surface area (Å²) in [6.07, 6.45) is 1.62. The predicted molar refractivity (Wildman–Crippen MR) is 84.6 cm³/mol. The van der Waals surface area contributed by atoms with Gasteiger partial charge >= 0.3 is 0 Å². The van der Waals surface area contributed by atoms with E-state index in [9.17, 15) is 4.79 Å². The van der Waals surface area contributed by atoms with Gasteiger partial charge in [0.05, 0.1) is 0 Å². The standard InChI is InChI=1S/C18H12ClNO/c19-16-8-4-6-14(12-16)13-5-3-7-15(11-13)18(21)17-9-1-2-10-20-17/h1-12H. The number of rotatable bonds is 3. The van der Waals surface area contributed by atoms with E-state index in [4.69, 9.17) is 11.6 Å². The first-order chi connectivity index (χ1) is 10.2. The van der Waals surface area contributed by atoms with E-state index < -0.39 is 0 Å². The highest BCUT2D eigenvalue weighted by Gasteiger charge is 2.10. The molecule has 0 aliphatic heterocycles. The minimum atomic E-state index is -0.0838. The summed E-state index contributed by atoms with van der Waals surface area (Å²) in [7, 11) is 0. The van der Waals surface area contributed by atoms with Gasteiger partial charge in [0.1, 0.15) is 5.69 Å². The summed E-state index contributed by atoms with van der Waals surface area (Å²) in [5.41, 5.74) is 3.00. The van der Waals surface area contributed by atoms with Crippen molar-refractivity contribution in [1.29, 1.82) is 0 Å². The molecule has 0 unspecified atom stereocenters. The van der Waals surface area contributed by atoms with Crippen LogP contribution in [-0.2, 0) is 0 Å². The second-order valence-corrected chi connectivity index (χ2v) is 5.07. The Bertz CT molecular complexity index is 784. The Hall–Kier alpha value is -2.45. The summed E-state index contributed by atoms with van der Waals surface area (Å²) in [6.45, 7) is 0. The molecule has 0 aliphatic rings. The van der Waals surface area contributed by atoms with Crippen molar-refractivity contribution >= 4 is 17.4 Å². The summed E-state index contributed by atoms with van der Waals surface area (Å²) in [5, 5.41) is 0.675. The van der Waals surface area contributed by atoms with Gasteiger partial charge in [0, 0.05) is 16.8 Å². The van der Waals surface area contributed by atoms with Crippen LogP contribution in [0.3, 0.4) is 0 Å². The Kier molecular flexibility index (Phi) is 3.80. The number of nitrogens with zero attached hydrogens (tertiary/aromatic N) is 1. The smallest absolute Gasteiger partial charge is 0.211 e. The molecule has 21 heavy (non-hydrogen) atoms. The number of hydrogen-bond acceptors (Lipinski definition) is 2. The molecule has 0 bridgehead atoms. The minimum Gasteiger partial charge on any atom is -0.287 e. The second kappa shape index (κ2) is 5.90. The van der Waals surface area contributed by atoms with Gasteiger partial charge in [-0.3, -0.25) is 9.78 Å². The molecule has 0 radical (unpaired) electrons. The zero-order valence-corrected chi connectivity index (χ0v) is 11.9. The number of pyridine rings is 1. The monoisotopic (exact) mass is 293 g/mol. The van der Waals surface area contributed by atoms with Crippen LogP contribution < -0.4 is 0 Å². The lowest BCUT2D eigenvalue weighted by Gasteiger charge is -2.05. The van der Waals surface area contributed by atoms with Crippen LogP contribution in [0.5, 0.6) is 0 Å². The molecular weight excluding hydrogens is 282 g/mol. The molecule has 0 aliphatic carbocycles. The Morgan fingerprint density at radius 3 is 2.33 bits per heavy atom. The number of hydrogen-bond donors (Lipinski definition) is 0. The van der Waals surface area contributed by atoms with Crippen LogP contribution in [-0.4, -0.2) is 10.8 Å². The van der Waals surface area contributed by atoms with Crippen molar-refractivity contribution in [2.24, 2.45) is 0 Å². The van der Waals surface area contributed by atoms with E-state index in [1.807, 2.05) is 42.5 Å². The zero-order chi connectivity index (χ0) is 14.7. The lowest BCUT2D eigenvalue weighted by molar-refractivity contribution is 0.103. The number of benzene rings is 2. The highest BCUT2D eigenvalue weighted by Crippen LogP contribution is 2.24.